The van der Waals surface area contributed by atoms with E-state index in [-0.39, 0.29) is 48.1 Å². The molecule has 0 unspecified atom stereocenters. The highest BCUT2D eigenvalue weighted by atomic mass is 31.2. The number of pyridine rings is 1. The van der Waals surface area contributed by atoms with E-state index in [4.69, 9.17) is 23.3 Å². The third-order valence-electron chi connectivity index (χ3n) is 5.20. The number of ether oxygens (including phenoxy) is 3. The lowest BCUT2D eigenvalue weighted by Gasteiger charge is -2.24. The number of rotatable bonds is 14. The van der Waals surface area contributed by atoms with Gasteiger partial charge in [-0.2, -0.15) is 0 Å². The van der Waals surface area contributed by atoms with Gasteiger partial charge in [0, 0.05) is 32.3 Å². The van der Waals surface area contributed by atoms with Crippen LogP contribution in [0.1, 0.15) is 40.1 Å². The normalized spacial score (nSPS) is 11.1. The number of hydrogen-bond donors (Lipinski definition) is 0. The number of carbonyl (C=O) groups is 2. The summed E-state index contributed by atoms with van der Waals surface area (Å²) in [6, 6.07) is 9.24. The van der Waals surface area contributed by atoms with Crippen LogP contribution in [-0.2, 0) is 20.3 Å². The van der Waals surface area contributed by atoms with Crippen LogP contribution in [0.3, 0.4) is 0 Å². The Morgan fingerprint density at radius 3 is 2.41 bits per heavy atom. The number of aldehydes is 1. The average Bonchev–Trinajstić information content (AvgIpc) is 2.91. The summed E-state index contributed by atoms with van der Waals surface area (Å²) >= 11 is 0. The van der Waals surface area contributed by atoms with Crippen LogP contribution in [0.4, 0.5) is 4.39 Å². The van der Waals surface area contributed by atoms with E-state index in [1.165, 1.54) is 24.1 Å². The summed E-state index contributed by atoms with van der Waals surface area (Å²) in [5.74, 6) is -0.599. The van der Waals surface area contributed by atoms with Gasteiger partial charge < -0.3 is 28.2 Å². The molecule has 1 aromatic heterocycles. The van der Waals surface area contributed by atoms with Crippen molar-refractivity contribution < 1.29 is 37.2 Å². The Hall–Kier alpha value is -3.17. The fraction of sp³-hybridized carbons (Fsp3) is 0.346. The van der Waals surface area contributed by atoms with Gasteiger partial charge in [0.15, 0.2) is 25.2 Å². The Morgan fingerprint density at radius 1 is 1.08 bits per heavy atom. The van der Waals surface area contributed by atoms with Crippen molar-refractivity contribution in [2.45, 2.75) is 20.4 Å². The predicted molar refractivity (Wildman–Crippen MR) is 137 cm³/mol. The number of hydrogen-bond acceptors (Lipinski definition) is 8. The molecule has 0 aliphatic carbocycles. The van der Waals surface area contributed by atoms with Gasteiger partial charge >= 0.3 is 0 Å². The first-order chi connectivity index (χ1) is 17.9. The van der Waals surface area contributed by atoms with Gasteiger partial charge in [-0.15, -0.1) is 0 Å². The second-order valence-electron chi connectivity index (χ2n) is 7.74. The second-order valence-corrected chi connectivity index (χ2v) is 9.18. The monoisotopic (exact) mass is 532 g/mol. The van der Waals surface area contributed by atoms with Crippen LogP contribution in [0.2, 0.25) is 0 Å². The van der Waals surface area contributed by atoms with E-state index in [0.717, 1.165) is 0 Å². The molecule has 0 aliphatic rings. The largest absolute Gasteiger partial charge is 0.483 e. The molecule has 198 valence electrons. The predicted octanol–water partition coefficient (Wildman–Crippen LogP) is 5.16. The molecular weight excluding hydrogens is 502 g/mol. The van der Waals surface area contributed by atoms with E-state index in [1.807, 2.05) is 13.8 Å². The summed E-state index contributed by atoms with van der Waals surface area (Å²) in [5, 5.41) is 0.473. The highest BCUT2D eigenvalue weighted by molar-refractivity contribution is 7.47. The lowest BCUT2D eigenvalue weighted by atomic mass is 9.99. The maximum Gasteiger partial charge on any atom is 0.258 e. The molecule has 1 amide bonds. The number of benzene rings is 2. The first-order valence-corrected chi connectivity index (χ1v) is 13.0. The fourth-order valence-corrected chi connectivity index (χ4v) is 4.68. The molecule has 0 saturated heterocycles. The van der Waals surface area contributed by atoms with E-state index in [9.17, 15) is 14.0 Å². The van der Waals surface area contributed by atoms with Crippen LogP contribution >= 0.6 is 8.38 Å². The Bertz CT molecular complexity index is 1200. The van der Waals surface area contributed by atoms with Gasteiger partial charge in [-0.1, -0.05) is 12.1 Å². The average molecular weight is 533 g/mol. The zero-order valence-corrected chi connectivity index (χ0v) is 22.1. The van der Waals surface area contributed by atoms with Gasteiger partial charge in [0.2, 0.25) is 8.38 Å². The zero-order chi connectivity index (χ0) is 26.8. The van der Waals surface area contributed by atoms with Crippen LogP contribution in [0, 0.1) is 5.82 Å². The molecule has 0 aliphatic heterocycles. The minimum absolute atomic E-state index is 0.00848. The molecule has 0 saturated carbocycles. The Labute approximate surface area is 216 Å². The molecule has 0 radical (unpaired) electrons. The van der Waals surface area contributed by atoms with Crippen molar-refractivity contribution in [2.24, 2.45) is 0 Å². The van der Waals surface area contributed by atoms with E-state index in [1.54, 1.807) is 37.5 Å². The van der Waals surface area contributed by atoms with Crippen molar-refractivity contribution in [3.63, 3.8) is 0 Å². The summed E-state index contributed by atoms with van der Waals surface area (Å²) < 4.78 is 41.6. The molecule has 0 atom stereocenters. The molecule has 0 bridgehead atoms. The van der Waals surface area contributed by atoms with Crippen LogP contribution in [0.15, 0.2) is 42.6 Å². The second kappa shape index (κ2) is 13.9. The van der Waals surface area contributed by atoms with Crippen molar-refractivity contribution in [1.29, 1.82) is 0 Å². The molecule has 0 N–H and O–H groups in total. The van der Waals surface area contributed by atoms with E-state index >= 15 is 0 Å². The SMILES string of the molecule is CCOP(COc1c(C(=O)N(C)Cc2ccc(F)cc2)c(C=O)c(OCOC)c2ncccc12)OCC. The highest BCUT2D eigenvalue weighted by Crippen LogP contribution is 2.43. The number of amides is 1. The van der Waals surface area contributed by atoms with Crippen molar-refractivity contribution in [3.05, 3.63) is 65.1 Å². The van der Waals surface area contributed by atoms with Gasteiger partial charge in [-0.3, -0.25) is 14.6 Å². The molecular formula is C26H30FN2O7P. The summed E-state index contributed by atoms with van der Waals surface area (Å²) in [4.78, 5) is 32.0. The van der Waals surface area contributed by atoms with Gasteiger partial charge in [-0.05, 0) is 43.7 Å². The summed E-state index contributed by atoms with van der Waals surface area (Å²) in [6.45, 7) is 4.55. The minimum atomic E-state index is -1.40. The van der Waals surface area contributed by atoms with Crippen molar-refractivity contribution >= 4 is 31.5 Å². The molecule has 3 aromatic rings. The molecule has 3 rings (SSSR count). The highest BCUT2D eigenvalue weighted by Gasteiger charge is 2.29. The minimum Gasteiger partial charge on any atom is -0.483 e. The number of halogens is 1. The lowest BCUT2D eigenvalue weighted by molar-refractivity contribution is 0.0512. The lowest BCUT2D eigenvalue weighted by Crippen LogP contribution is -2.28. The van der Waals surface area contributed by atoms with Crippen molar-refractivity contribution in [2.75, 3.05) is 40.5 Å². The van der Waals surface area contributed by atoms with E-state index in [2.05, 4.69) is 4.98 Å². The van der Waals surface area contributed by atoms with Crippen LogP contribution in [-0.4, -0.2) is 62.6 Å². The van der Waals surface area contributed by atoms with Gasteiger partial charge in [0.25, 0.3) is 5.91 Å². The first-order valence-electron chi connectivity index (χ1n) is 11.6. The third-order valence-corrected chi connectivity index (χ3v) is 6.63. The maximum atomic E-state index is 13.8. The fourth-order valence-electron chi connectivity index (χ4n) is 3.65. The summed E-state index contributed by atoms with van der Waals surface area (Å²) in [6.07, 6.45) is 2.12. The van der Waals surface area contributed by atoms with Crippen LogP contribution < -0.4 is 9.47 Å². The molecule has 0 spiro atoms. The Kier molecular flexibility index (Phi) is 10.7. The zero-order valence-electron chi connectivity index (χ0n) is 21.2. The van der Waals surface area contributed by atoms with Crippen molar-refractivity contribution in [3.8, 4) is 11.5 Å². The van der Waals surface area contributed by atoms with Gasteiger partial charge in [-0.25, -0.2) is 4.39 Å². The van der Waals surface area contributed by atoms with Crippen LogP contribution in [0.25, 0.3) is 10.9 Å². The van der Waals surface area contributed by atoms with Crippen LogP contribution in [0.5, 0.6) is 11.5 Å². The van der Waals surface area contributed by atoms with Gasteiger partial charge in [0.1, 0.15) is 17.1 Å². The molecule has 37 heavy (non-hydrogen) atoms. The van der Waals surface area contributed by atoms with Gasteiger partial charge in [0.05, 0.1) is 24.3 Å². The Balaban J connectivity index is 2.14. The number of methoxy groups -OCH3 is 1. The number of aromatic nitrogens is 1. The van der Waals surface area contributed by atoms with E-state index < -0.39 is 14.3 Å². The molecule has 2 aromatic carbocycles. The topological polar surface area (TPSA) is 96.4 Å². The molecule has 11 heteroatoms. The molecule has 0 fully saturated rings. The quantitative estimate of drug-likeness (QED) is 0.160. The first kappa shape index (κ1) is 28.4. The number of nitrogens with zero attached hydrogens (tertiary/aromatic N) is 2. The molecule has 9 nitrogen and oxygen atoms in total. The smallest absolute Gasteiger partial charge is 0.258 e. The number of carbonyl (C=O) groups excluding carboxylic acids is 2. The Morgan fingerprint density at radius 2 is 1.78 bits per heavy atom. The summed E-state index contributed by atoms with van der Waals surface area (Å²) in [5.41, 5.74) is 1.04. The number of fused-ring (bicyclic) bond motifs is 1. The third kappa shape index (κ3) is 6.99. The standard InChI is InChI=1S/C26H30FN2O7P/c1-5-35-37(36-6-2)17-34-24-20-8-7-13-28-23(20)25(33-16-32-4)21(15-30)22(24)26(31)29(3)14-18-9-11-19(27)12-10-18/h7-13,15H,5-6,14,16-17H2,1-4H3. The van der Waals surface area contributed by atoms with E-state index in [0.29, 0.717) is 36.0 Å². The maximum absolute atomic E-state index is 13.8. The summed E-state index contributed by atoms with van der Waals surface area (Å²) in [7, 11) is 1.62. The van der Waals surface area contributed by atoms with Crippen molar-refractivity contribution in [1.82, 2.24) is 9.88 Å². The molecule has 1 heterocycles.